The summed E-state index contributed by atoms with van der Waals surface area (Å²) in [6.45, 7) is 9.12. The van der Waals surface area contributed by atoms with E-state index < -0.39 is 5.60 Å². The van der Waals surface area contributed by atoms with Crippen LogP contribution in [0.3, 0.4) is 0 Å². The lowest BCUT2D eigenvalue weighted by Gasteiger charge is -2.36. The highest BCUT2D eigenvalue weighted by atomic mass is 16.6. The molecule has 2 heterocycles. The highest BCUT2D eigenvalue weighted by Crippen LogP contribution is 2.31. The molecule has 23 heavy (non-hydrogen) atoms. The van der Waals surface area contributed by atoms with Crippen LogP contribution in [0, 0.1) is 0 Å². The molecule has 1 fully saturated rings. The van der Waals surface area contributed by atoms with Gasteiger partial charge in [-0.15, -0.1) is 0 Å². The number of amides is 1. The van der Waals surface area contributed by atoms with Gasteiger partial charge in [-0.05, 0) is 46.6 Å². The Kier molecular flexibility index (Phi) is 5.14. The molecule has 1 aliphatic heterocycles. The first-order chi connectivity index (χ1) is 10.7. The van der Waals surface area contributed by atoms with Crippen LogP contribution in [-0.2, 0) is 11.3 Å². The lowest BCUT2D eigenvalue weighted by Crippen LogP contribution is -2.50. The van der Waals surface area contributed by atoms with E-state index in [1.54, 1.807) is 17.3 Å². The van der Waals surface area contributed by atoms with Gasteiger partial charge < -0.3 is 15.2 Å². The number of hydrogen-bond donors (Lipinski definition) is 1. The predicted octanol–water partition coefficient (Wildman–Crippen LogP) is 2.71. The number of nitrogens with two attached hydrogens (primary N) is 1. The molecule has 0 aromatic carbocycles. The molecule has 0 radical (unpaired) electrons. The first-order valence-electron chi connectivity index (χ1n) is 8.01. The van der Waals surface area contributed by atoms with Crippen molar-refractivity contribution < 1.29 is 14.3 Å². The van der Waals surface area contributed by atoms with E-state index in [1.165, 1.54) is 0 Å². The van der Waals surface area contributed by atoms with Crippen LogP contribution in [0.15, 0.2) is 18.5 Å². The Hall–Kier alpha value is -1.82. The first-order valence-corrected chi connectivity index (χ1v) is 8.01. The van der Waals surface area contributed by atoms with E-state index >= 15 is 0 Å². The maximum atomic E-state index is 12.4. The molecule has 6 nitrogen and oxygen atoms in total. The highest BCUT2D eigenvalue weighted by Gasteiger charge is 2.42. The molecule has 1 amide bonds. The molecule has 1 atom stereocenters. The molecule has 128 valence electrons. The molecule has 1 aromatic rings. The summed E-state index contributed by atoms with van der Waals surface area (Å²) < 4.78 is 11.4. The average molecular weight is 321 g/mol. The second kappa shape index (κ2) is 6.74. The van der Waals surface area contributed by atoms with Gasteiger partial charge >= 0.3 is 6.09 Å². The van der Waals surface area contributed by atoms with Crippen molar-refractivity contribution in [2.75, 3.05) is 13.2 Å². The van der Waals surface area contributed by atoms with Crippen LogP contribution in [0.2, 0.25) is 0 Å². The van der Waals surface area contributed by atoms with Crippen molar-refractivity contribution in [2.45, 2.75) is 58.2 Å². The van der Waals surface area contributed by atoms with Crippen LogP contribution < -0.4 is 10.5 Å². The van der Waals surface area contributed by atoms with Gasteiger partial charge in [-0.1, -0.05) is 0 Å². The summed E-state index contributed by atoms with van der Waals surface area (Å²) in [7, 11) is 0. The van der Waals surface area contributed by atoms with Crippen LogP contribution >= 0.6 is 0 Å². The summed E-state index contributed by atoms with van der Waals surface area (Å²) in [6.07, 6.45) is 4.89. The van der Waals surface area contributed by atoms with Gasteiger partial charge in [0.25, 0.3) is 0 Å². The number of aromatic nitrogens is 1. The molecule has 0 bridgehead atoms. The van der Waals surface area contributed by atoms with E-state index in [0.717, 1.165) is 18.4 Å². The quantitative estimate of drug-likeness (QED) is 0.922. The zero-order valence-electron chi connectivity index (χ0n) is 14.5. The van der Waals surface area contributed by atoms with Gasteiger partial charge in [-0.3, -0.25) is 9.88 Å². The summed E-state index contributed by atoms with van der Waals surface area (Å²) in [5.41, 5.74) is 5.74. The smallest absolute Gasteiger partial charge is 0.410 e. The number of hydrogen-bond acceptors (Lipinski definition) is 5. The van der Waals surface area contributed by atoms with Gasteiger partial charge in [0.15, 0.2) is 0 Å². The Balaban J connectivity index is 2.06. The number of carbonyl (C=O) groups is 1. The van der Waals surface area contributed by atoms with Crippen LogP contribution in [0.4, 0.5) is 4.79 Å². The van der Waals surface area contributed by atoms with Gasteiger partial charge in [0.05, 0.1) is 11.7 Å². The number of rotatable bonds is 4. The van der Waals surface area contributed by atoms with Gasteiger partial charge in [0.2, 0.25) is 0 Å². The van der Waals surface area contributed by atoms with Crippen molar-refractivity contribution >= 4 is 6.09 Å². The third-order valence-electron chi connectivity index (χ3n) is 3.99. The van der Waals surface area contributed by atoms with Crippen molar-refractivity contribution in [1.82, 2.24) is 9.88 Å². The molecule has 2 rings (SSSR count). The largest absolute Gasteiger partial charge is 0.489 e. The average Bonchev–Trinajstić information content (AvgIpc) is 2.86. The molecule has 0 unspecified atom stereocenters. The van der Waals surface area contributed by atoms with Gasteiger partial charge in [-0.25, -0.2) is 4.79 Å². The molecule has 0 spiro atoms. The lowest BCUT2D eigenvalue weighted by atomic mass is 10.0. The van der Waals surface area contributed by atoms with E-state index in [-0.39, 0.29) is 11.6 Å². The molecule has 1 aromatic heterocycles. The summed E-state index contributed by atoms with van der Waals surface area (Å²) >= 11 is 0. The molecule has 6 heteroatoms. The zero-order chi connectivity index (χ0) is 17.1. The van der Waals surface area contributed by atoms with E-state index in [1.807, 2.05) is 33.8 Å². The fraction of sp³-hybridized carbons (Fsp3) is 0.647. The second-order valence-electron chi connectivity index (χ2n) is 7.21. The van der Waals surface area contributed by atoms with E-state index in [9.17, 15) is 4.79 Å². The SMILES string of the molecule is CC(C)(C)OC(=O)N1CCC[C@@]1(C)COc1cnccc1CN. The topological polar surface area (TPSA) is 77.7 Å². The normalized spacial score (nSPS) is 21.3. The molecule has 1 saturated heterocycles. The molecule has 0 saturated carbocycles. The molecule has 2 N–H and O–H groups in total. The molecular formula is C17H27N3O3. The van der Waals surface area contributed by atoms with Crippen molar-refractivity contribution in [1.29, 1.82) is 0 Å². The molecule has 1 aliphatic rings. The van der Waals surface area contributed by atoms with Crippen molar-refractivity contribution in [3.8, 4) is 5.75 Å². The lowest BCUT2D eigenvalue weighted by molar-refractivity contribution is 0.00232. The number of nitrogens with zero attached hydrogens (tertiary/aromatic N) is 2. The minimum Gasteiger partial charge on any atom is -0.489 e. The maximum Gasteiger partial charge on any atom is 0.410 e. The Morgan fingerprint density at radius 3 is 2.87 bits per heavy atom. The van der Waals surface area contributed by atoms with Crippen LogP contribution in [0.1, 0.15) is 46.1 Å². The zero-order valence-corrected chi connectivity index (χ0v) is 14.5. The first kappa shape index (κ1) is 17.5. The minimum absolute atomic E-state index is 0.286. The van der Waals surface area contributed by atoms with Crippen molar-refractivity contribution in [3.05, 3.63) is 24.0 Å². The number of ether oxygens (including phenoxy) is 2. The Labute approximate surface area is 138 Å². The maximum absolute atomic E-state index is 12.4. The highest BCUT2D eigenvalue weighted by molar-refractivity contribution is 5.69. The molecular weight excluding hydrogens is 294 g/mol. The Bertz CT molecular complexity index is 556. The van der Waals surface area contributed by atoms with Gasteiger partial charge in [-0.2, -0.15) is 0 Å². The minimum atomic E-state index is -0.502. The summed E-state index contributed by atoms with van der Waals surface area (Å²) in [6, 6.07) is 1.85. The van der Waals surface area contributed by atoms with Crippen LogP contribution in [0.5, 0.6) is 5.75 Å². The van der Waals surface area contributed by atoms with Crippen molar-refractivity contribution in [2.24, 2.45) is 5.73 Å². The van der Waals surface area contributed by atoms with E-state index in [0.29, 0.717) is 25.4 Å². The van der Waals surface area contributed by atoms with Crippen molar-refractivity contribution in [3.63, 3.8) is 0 Å². The predicted molar refractivity (Wildman–Crippen MR) is 88.2 cm³/mol. The summed E-state index contributed by atoms with van der Waals surface area (Å²) in [4.78, 5) is 18.3. The standard InChI is InChI=1S/C17H27N3O3/c1-16(2,3)23-15(21)20-9-5-7-17(20,4)12-22-14-11-19-8-6-13(14)10-18/h6,8,11H,5,7,9-10,12,18H2,1-4H3/t17-/m0/s1. The van der Waals surface area contributed by atoms with Gasteiger partial charge in [0.1, 0.15) is 18.0 Å². The fourth-order valence-corrected chi connectivity index (χ4v) is 2.74. The fourth-order valence-electron chi connectivity index (χ4n) is 2.74. The number of carbonyl (C=O) groups excluding carboxylic acids is 1. The Morgan fingerprint density at radius 1 is 1.48 bits per heavy atom. The molecule has 0 aliphatic carbocycles. The van der Waals surface area contributed by atoms with E-state index in [2.05, 4.69) is 4.98 Å². The second-order valence-corrected chi connectivity index (χ2v) is 7.21. The summed E-state index contributed by atoms with van der Waals surface area (Å²) in [5.74, 6) is 0.673. The monoisotopic (exact) mass is 321 g/mol. The van der Waals surface area contributed by atoms with Crippen LogP contribution in [0.25, 0.3) is 0 Å². The van der Waals surface area contributed by atoms with E-state index in [4.69, 9.17) is 15.2 Å². The van der Waals surface area contributed by atoms with Crippen LogP contribution in [-0.4, -0.2) is 40.3 Å². The third-order valence-corrected chi connectivity index (χ3v) is 3.99. The Morgan fingerprint density at radius 2 is 2.22 bits per heavy atom. The number of likely N-dealkylation sites (tertiary alicyclic amines) is 1. The third kappa shape index (κ3) is 4.34. The summed E-state index contributed by atoms with van der Waals surface area (Å²) in [5, 5.41) is 0. The van der Waals surface area contributed by atoms with Gasteiger partial charge in [0, 0.05) is 24.8 Å². The number of pyridine rings is 1.